The molecule has 2 unspecified atom stereocenters. The van der Waals surface area contributed by atoms with Crippen molar-refractivity contribution in [2.45, 2.75) is 289 Å². The summed E-state index contributed by atoms with van der Waals surface area (Å²) >= 11 is 0. The fourth-order valence-corrected chi connectivity index (χ4v) is 7.72. The van der Waals surface area contributed by atoms with Gasteiger partial charge in [0.25, 0.3) is 0 Å². The third kappa shape index (κ3) is 33.2. The number of rotatable bonds is 43. The summed E-state index contributed by atoms with van der Waals surface area (Å²) in [6.45, 7) is 4.56. The zero-order valence-electron chi connectivity index (χ0n) is 34.3. The largest absolute Gasteiger partial charge is 0.479 e. The Labute approximate surface area is 314 Å². The molecule has 0 amide bonds. The summed E-state index contributed by atoms with van der Waals surface area (Å²) in [4.78, 5) is 11.9. The van der Waals surface area contributed by atoms with E-state index >= 15 is 0 Å². The quantitative estimate of drug-likeness (QED) is 0.0551. The van der Waals surface area contributed by atoms with Gasteiger partial charge in [-0.25, -0.2) is 4.79 Å². The molecular formula is C46H92O4. The Morgan fingerprint density at radius 3 is 0.800 bits per heavy atom. The Hall–Kier alpha value is -0.610. The predicted octanol–water partition coefficient (Wildman–Crippen LogP) is 15.2. The van der Waals surface area contributed by atoms with E-state index in [0.717, 1.165) is 32.1 Å². The monoisotopic (exact) mass is 709 g/mol. The van der Waals surface area contributed by atoms with Crippen molar-refractivity contribution in [2.24, 2.45) is 0 Å². The van der Waals surface area contributed by atoms with E-state index < -0.39 is 17.7 Å². The van der Waals surface area contributed by atoms with Crippen molar-refractivity contribution in [2.75, 3.05) is 0 Å². The zero-order chi connectivity index (χ0) is 36.6. The van der Waals surface area contributed by atoms with E-state index in [0.29, 0.717) is 12.8 Å². The second-order valence-corrected chi connectivity index (χ2v) is 16.4. The second kappa shape index (κ2) is 39.6. The van der Waals surface area contributed by atoms with Crippen LogP contribution in [0.3, 0.4) is 0 Å². The van der Waals surface area contributed by atoms with Crippen LogP contribution in [0.15, 0.2) is 0 Å². The molecule has 0 aliphatic heterocycles. The van der Waals surface area contributed by atoms with E-state index in [4.69, 9.17) is 0 Å². The van der Waals surface area contributed by atoms with Gasteiger partial charge in [-0.05, 0) is 19.3 Å². The molecule has 0 saturated heterocycles. The molecular weight excluding hydrogens is 617 g/mol. The Morgan fingerprint density at radius 2 is 0.580 bits per heavy atom. The highest BCUT2D eigenvalue weighted by Gasteiger charge is 2.42. The predicted molar refractivity (Wildman–Crippen MR) is 219 cm³/mol. The van der Waals surface area contributed by atoms with Crippen LogP contribution >= 0.6 is 0 Å². The molecule has 0 aliphatic rings. The SMILES string of the molecule is CCCCCCCCCCCCCCCCCCCCCCCCCCCC(O)C(O)(CCCCCCCCCCCCCCCC)C(=O)O. The van der Waals surface area contributed by atoms with E-state index in [1.807, 2.05) is 0 Å². The van der Waals surface area contributed by atoms with Gasteiger partial charge in [0.1, 0.15) is 0 Å². The molecule has 4 nitrogen and oxygen atoms in total. The van der Waals surface area contributed by atoms with Gasteiger partial charge in [0.15, 0.2) is 5.60 Å². The maximum atomic E-state index is 11.9. The molecule has 0 bridgehead atoms. The lowest BCUT2D eigenvalue weighted by Gasteiger charge is -2.29. The number of hydrogen-bond donors (Lipinski definition) is 3. The molecule has 0 aromatic heterocycles. The molecule has 0 saturated carbocycles. The molecule has 0 aliphatic carbocycles. The van der Waals surface area contributed by atoms with Crippen LogP contribution in [-0.2, 0) is 4.79 Å². The number of carbonyl (C=O) groups is 1. The number of aliphatic carboxylic acids is 1. The minimum absolute atomic E-state index is 0.154. The van der Waals surface area contributed by atoms with Gasteiger partial charge in [0, 0.05) is 0 Å². The van der Waals surface area contributed by atoms with Crippen molar-refractivity contribution in [3.05, 3.63) is 0 Å². The molecule has 0 aromatic rings. The standard InChI is InChI=1S/C46H92O4/c1-3-5-7-9-11-13-15-17-19-20-21-22-23-24-25-26-27-28-29-30-32-34-36-38-40-42-44(47)46(50,45(48)49)43-41-39-37-35-33-31-18-16-14-12-10-8-6-4-2/h44,47,50H,3-43H2,1-2H3,(H,48,49). The maximum absolute atomic E-state index is 11.9. The van der Waals surface area contributed by atoms with Gasteiger partial charge in [0.2, 0.25) is 0 Å². The first-order chi connectivity index (χ1) is 24.5. The van der Waals surface area contributed by atoms with Crippen LogP contribution < -0.4 is 0 Å². The van der Waals surface area contributed by atoms with Crippen LogP contribution in [0.25, 0.3) is 0 Å². The van der Waals surface area contributed by atoms with Crippen molar-refractivity contribution in [1.29, 1.82) is 0 Å². The Balaban J connectivity index is 3.52. The number of aliphatic hydroxyl groups excluding tert-OH is 1. The van der Waals surface area contributed by atoms with E-state index in [9.17, 15) is 20.1 Å². The average molecular weight is 709 g/mol. The molecule has 3 N–H and O–H groups in total. The molecule has 0 fully saturated rings. The molecule has 0 aromatic carbocycles. The van der Waals surface area contributed by atoms with E-state index in [1.165, 1.54) is 212 Å². The highest BCUT2D eigenvalue weighted by atomic mass is 16.4. The fourth-order valence-electron chi connectivity index (χ4n) is 7.72. The number of hydrogen-bond acceptors (Lipinski definition) is 3. The van der Waals surface area contributed by atoms with Gasteiger partial charge in [-0.15, -0.1) is 0 Å². The summed E-state index contributed by atoms with van der Waals surface area (Å²) < 4.78 is 0. The van der Waals surface area contributed by atoms with Crippen LogP contribution in [0, 0.1) is 0 Å². The van der Waals surface area contributed by atoms with Crippen LogP contribution in [0.2, 0.25) is 0 Å². The second-order valence-electron chi connectivity index (χ2n) is 16.4. The van der Waals surface area contributed by atoms with Gasteiger partial charge in [-0.2, -0.15) is 0 Å². The first-order valence-corrected chi connectivity index (χ1v) is 23.1. The Bertz CT molecular complexity index is 667. The normalized spacial score (nSPS) is 13.5. The van der Waals surface area contributed by atoms with E-state index in [2.05, 4.69) is 13.8 Å². The minimum Gasteiger partial charge on any atom is -0.479 e. The average Bonchev–Trinajstić information content (AvgIpc) is 3.11. The number of aliphatic hydroxyl groups is 2. The lowest BCUT2D eigenvalue weighted by atomic mass is 9.87. The molecule has 0 heterocycles. The van der Waals surface area contributed by atoms with Gasteiger partial charge >= 0.3 is 5.97 Å². The number of carboxylic acids is 1. The molecule has 0 radical (unpaired) electrons. The minimum atomic E-state index is -2.00. The number of carboxylic acid groups (broad SMARTS) is 1. The van der Waals surface area contributed by atoms with Crippen LogP contribution in [0.4, 0.5) is 0 Å². The summed E-state index contributed by atoms with van der Waals surface area (Å²) in [5.74, 6) is -1.26. The van der Waals surface area contributed by atoms with Crippen molar-refractivity contribution >= 4 is 5.97 Å². The van der Waals surface area contributed by atoms with Gasteiger partial charge in [-0.1, -0.05) is 258 Å². The van der Waals surface area contributed by atoms with Gasteiger partial charge in [0.05, 0.1) is 6.10 Å². The van der Waals surface area contributed by atoms with Crippen molar-refractivity contribution in [3.8, 4) is 0 Å². The highest BCUT2D eigenvalue weighted by Crippen LogP contribution is 2.25. The third-order valence-corrected chi connectivity index (χ3v) is 11.4. The summed E-state index contributed by atoms with van der Waals surface area (Å²) in [5.41, 5.74) is -2.00. The van der Waals surface area contributed by atoms with Gasteiger partial charge in [-0.3, -0.25) is 0 Å². The summed E-state index contributed by atoms with van der Waals surface area (Å²) in [6, 6.07) is 0. The van der Waals surface area contributed by atoms with Crippen LogP contribution in [0.5, 0.6) is 0 Å². The smallest absolute Gasteiger partial charge is 0.338 e. The van der Waals surface area contributed by atoms with E-state index in [1.54, 1.807) is 0 Å². The summed E-state index contributed by atoms with van der Waals surface area (Å²) in [5, 5.41) is 31.1. The molecule has 0 rings (SSSR count). The van der Waals surface area contributed by atoms with Gasteiger partial charge < -0.3 is 15.3 Å². The first-order valence-electron chi connectivity index (χ1n) is 23.1. The molecule has 0 spiro atoms. The van der Waals surface area contributed by atoms with Crippen LogP contribution in [0.1, 0.15) is 277 Å². The molecule has 300 valence electrons. The highest BCUT2D eigenvalue weighted by molar-refractivity contribution is 5.77. The topological polar surface area (TPSA) is 77.8 Å². The van der Waals surface area contributed by atoms with Crippen molar-refractivity contribution in [3.63, 3.8) is 0 Å². The third-order valence-electron chi connectivity index (χ3n) is 11.4. The van der Waals surface area contributed by atoms with Crippen LogP contribution in [-0.4, -0.2) is 33.0 Å². The lowest BCUT2D eigenvalue weighted by molar-refractivity contribution is -0.173. The van der Waals surface area contributed by atoms with Crippen molar-refractivity contribution in [1.82, 2.24) is 0 Å². The molecule has 2 atom stereocenters. The maximum Gasteiger partial charge on any atom is 0.338 e. The molecule has 50 heavy (non-hydrogen) atoms. The lowest BCUT2D eigenvalue weighted by Crippen LogP contribution is -2.49. The fraction of sp³-hybridized carbons (Fsp3) is 0.978. The Morgan fingerprint density at radius 1 is 0.380 bits per heavy atom. The Kier molecular flexibility index (Phi) is 39.1. The molecule has 4 heteroatoms. The first kappa shape index (κ1) is 49.4. The summed E-state index contributed by atoms with van der Waals surface area (Å²) in [6.07, 6.45) is 50.5. The summed E-state index contributed by atoms with van der Waals surface area (Å²) in [7, 11) is 0. The van der Waals surface area contributed by atoms with Crippen molar-refractivity contribution < 1.29 is 20.1 Å². The number of unbranched alkanes of at least 4 members (excludes halogenated alkanes) is 37. The zero-order valence-corrected chi connectivity index (χ0v) is 34.3. The van der Waals surface area contributed by atoms with E-state index in [-0.39, 0.29) is 6.42 Å².